The molecule has 1 aliphatic carbocycles. The molecule has 6 heteroatoms. The molecule has 5 nitrogen and oxygen atoms in total. The van der Waals surface area contributed by atoms with Gasteiger partial charge in [0.1, 0.15) is 17.2 Å². The second kappa shape index (κ2) is 8.38. The first-order valence-corrected chi connectivity index (χ1v) is 11.2. The molecular weight excluding hydrogens is 380 g/mol. The van der Waals surface area contributed by atoms with Crippen LogP contribution in [0.2, 0.25) is 0 Å². The number of hydrogen-bond donors (Lipinski definition) is 1. The maximum Gasteiger partial charge on any atom is 0.263 e. The van der Waals surface area contributed by atoms with E-state index in [1.807, 2.05) is 0 Å². The highest BCUT2D eigenvalue weighted by molar-refractivity contribution is 7.18. The Bertz CT molecular complexity index is 1120. The summed E-state index contributed by atoms with van der Waals surface area (Å²) in [4.78, 5) is 20.1. The van der Waals surface area contributed by atoms with Gasteiger partial charge in [-0.25, -0.2) is 4.98 Å². The molecule has 0 spiro atoms. The Morgan fingerprint density at radius 3 is 2.76 bits per heavy atom. The Morgan fingerprint density at radius 1 is 1.28 bits per heavy atom. The average Bonchev–Trinajstić information content (AvgIpc) is 3.13. The van der Waals surface area contributed by atoms with E-state index in [2.05, 4.69) is 49.5 Å². The van der Waals surface area contributed by atoms with Crippen molar-refractivity contribution in [3.8, 4) is 6.07 Å². The number of nitrogens with one attached hydrogen (secondary N) is 1. The molecule has 0 saturated carbocycles. The Labute approximate surface area is 175 Å². The summed E-state index contributed by atoms with van der Waals surface area (Å²) in [7, 11) is 0. The fourth-order valence-electron chi connectivity index (χ4n) is 4.00. The highest BCUT2D eigenvalue weighted by atomic mass is 32.1. The number of fused-ring (bicyclic) bond motifs is 3. The summed E-state index contributed by atoms with van der Waals surface area (Å²) in [5, 5.41) is 13.4. The SMILES string of the molecule is CC[C@@H](C)c1ccc(NCc2nc3sc4c(c3c(=O)n2CC#N)CCCC4)cc1. The standard InChI is InChI=1S/C23H26N4OS/c1-3-15(2)16-8-10-17(11-9-16)25-14-20-26-22-21(23(28)27(20)13-12-24)18-6-4-5-7-19(18)29-22/h8-11,15,25H,3-7,13-14H2,1-2H3/t15-/m1/s1. The number of thiophene rings is 1. The monoisotopic (exact) mass is 406 g/mol. The van der Waals surface area contributed by atoms with Crippen molar-refractivity contribution in [2.24, 2.45) is 0 Å². The van der Waals surface area contributed by atoms with Gasteiger partial charge in [0.25, 0.3) is 5.56 Å². The molecule has 0 aliphatic heterocycles. The van der Waals surface area contributed by atoms with Gasteiger partial charge in [-0.3, -0.25) is 9.36 Å². The van der Waals surface area contributed by atoms with Crippen LogP contribution in [0.4, 0.5) is 5.69 Å². The number of nitriles is 1. The minimum absolute atomic E-state index is 0.0242. The third-order valence-electron chi connectivity index (χ3n) is 5.93. The number of rotatable bonds is 6. The van der Waals surface area contributed by atoms with Gasteiger partial charge in [-0.05, 0) is 61.3 Å². The minimum atomic E-state index is -0.0696. The van der Waals surface area contributed by atoms with E-state index in [4.69, 9.17) is 4.98 Å². The zero-order valence-electron chi connectivity index (χ0n) is 17.0. The first kappa shape index (κ1) is 19.7. The van der Waals surface area contributed by atoms with Crippen LogP contribution in [-0.2, 0) is 25.9 Å². The van der Waals surface area contributed by atoms with Crippen molar-refractivity contribution in [3.63, 3.8) is 0 Å². The van der Waals surface area contributed by atoms with Crippen LogP contribution in [0.3, 0.4) is 0 Å². The first-order valence-electron chi connectivity index (χ1n) is 10.4. The van der Waals surface area contributed by atoms with Gasteiger partial charge < -0.3 is 5.32 Å². The second-order valence-corrected chi connectivity index (χ2v) is 8.84. The van der Waals surface area contributed by atoms with Crippen LogP contribution in [0.15, 0.2) is 29.1 Å². The summed E-state index contributed by atoms with van der Waals surface area (Å²) in [6, 6.07) is 10.5. The van der Waals surface area contributed by atoms with Crippen molar-refractivity contribution in [2.45, 2.75) is 65.0 Å². The zero-order chi connectivity index (χ0) is 20.4. The molecular formula is C23H26N4OS. The number of benzene rings is 1. The quantitative estimate of drug-likeness (QED) is 0.626. The second-order valence-electron chi connectivity index (χ2n) is 7.75. The molecule has 0 bridgehead atoms. The summed E-state index contributed by atoms with van der Waals surface area (Å²) in [6.45, 7) is 4.85. The van der Waals surface area contributed by atoms with Crippen LogP contribution < -0.4 is 10.9 Å². The smallest absolute Gasteiger partial charge is 0.263 e. The minimum Gasteiger partial charge on any atom is -0.378 e. The molecule has 1 atom stereocenters. The van der Waals surface area contributed by atoms with Crippen LogP contribution in [0, 0.1) is 11.3 Å². The Hall–Kier alpha value is -2.65. The third-order valence-corrected chi connectivity index (χ3v) is 7.11. The van der Waals surface area contributed by atoms with Gasteiger partial charge in [0.2, 0.25) is 0 Å². The molecule has 0 radical (unpaired) electrons. The van der Waals surface area contributed by atoms with Crippen LogP contribution in [-0.4, -0.2) is 9.55 Å². The van der Waals surface area contributed by atoms with Crippen LogP contribution in [0.1, 0.15) is 60.9 Å². The fourth-order valence-corrected chi connectivity index (χ4v) is 5.27. The molecule has 3 aromatic rings. The van der Waals surface area contributed by atoms with Crippen molar-refractivity contribution in [1.29, 1.82) is 5.26 Å². The van der Waals surface area contributed by atoms with E-state index < -0.39 is 0 Å². The Balaban J connectivity index is 1.65. The predicted octanol–water partition coefficient (Wildman–Crippen LogP) is 4.99. The summed E-state index contributed by atoms with van der Waals surface area (Å²) < 4.78 is 1.53. The number of anilines is 1. The van der Waals surface area contributed by atoms with Crippen molar-refractivity contribution in [3.05, 3.63) is 56.4 Å². The molecule has 1 aromatic carbocycles. The Morgan fingerprint density at radius 2 is 2.03 bits per heavy atom. The van der Waals surface area contributed by atoms with E-state index in [0.29, 0.717) is 18.3 Å². The van der Waals surface area contributed by atoms with E-state index in [-0.39, 0.29) is 12.1 Å². The molecule has 0 saturated heterocycles. The summed E-state index contributed by atoms with van der Waals surface area (Å²) >= 11 is 1.65. The lowest BCUT2D eigenvalue weighted by atomic mass is 9.97. The summed E-state index contributed by atoms with van der Waals surface area (Å²) in [5.74, 6) is 1.16. The van der Waals surface area contributed by atoms with Gasteiger partial charge in [-0.1, -0.05) is 26.0 Å². The largest absolute Gasteiger partial charge is 0.378 e. The molecule has 1 aliphatic rings. The van der Waals surface area contributed by atoms with Crippen LogP contribution in [0.25, 0.3) is 10.2 Å². The van der Waals surface area contributed by atoms with Gasteiger partial charge in [0.15, 0.2) is 0 Å². The van der Waals surface area contributed by atoms with Gasteiger partial charge in [0.05, 0.1) is 18.0 Å². The molecule has 4 rings (SSSR count). The van der Waals surface area contributed by atoms with Crippen molar-refractivity contribution >= 4 is 27.2 Å². The van der Waals surface area contributed by atoms with E-state index in [0.717, 1.165) is 41.6 Å². The third kappa shape index (κ3) is 3.79. The molecule has 150 valence electrons. The van der Waals surface area contributed by atoms with Gasteiger partial charge in [0, 0.05) is 10.6 Å². The molecule has 2 heterocycles. The van der Waals surface area contributed by atoms with Gasteiger partial charge in [-0.15, -0.1) is 11.3 Å². The molecule has 0 fully saturated rings. The van der Waals surface area contributed by atoms with Gasteiger partial charge >= 0.3 is 0 Å². The lowest BCUT2D eigenvalue weighted by Gasteiger charge is -2.14. The topological polar surface area (TPSA) is 70.7 Å². The molecule has 0 amide bonds. The number of nitrogens with zero attached hydrogens (tertiary/aromatic N) is 3. The van der Waals surface area contributed by atoms with Crippen molar-refractivity contribution < 1.29 is 0 Å². The van der Waals surface area contributed by atoms with E-state index in [9.17, 15) is 10.1 Å². The lowest BCUT2D eigenvalue weighted by molar-refractivity contribution is 0.692. The first-order chi connectivity index (χ1) is 14.1. The van der Waals surface area contributed by atoms with Crippen molar-refractivity contribution in [1.82, 2.24) is 9.55 Å². The predicted molar refractivity (Wildman–Crippen MR) is 119 cm³/mol. The molecule has 0 unspecified atom stereocenters. The number of aryl methyl sites for hydroxylation is 2. The molecule has 1 N–H and O–H groups in total. The molecule has 29 heavy (non-hydrogen) atoms. The Kier molecular flexibility index (Phi) is 5.68. The average molecular weight is 407 g/mol. The van der Waals surface area contributed by atoms with E-state index >= 15 is 0 Å². The highest BCUT2D eigenvalue weighted by Crippen LogP contribution is 2.33. The number of hydrogen-bond acceptors (Lipinski definition) is 5. The van der Waals surface area contributed by atoms with Crippen LogP contribution in [0.5, 0.6) is 0 Å². The maximum absolute atomic E-state index is 13.2. The van der Waals surface area contributed by atoms with Gasteiger partial charge in [-0.2, -0.15) is 5.26 Å². The van der Waals surface area contributed by atoms with Crippen LogP contribution >= 0.6 is 11.3 Å². The fraction of sp³-hybridized carbons (Fsp3) is 0.435. The van der Waals surface area contributed by atoms with E-state index in [1.165, 1.54) is 27.0 Å². The normalized spacial score (nSPS) is 14.4. The summed E-state index contributed by atoms with van der Waals surface area (Å²) in [5.41, 5.74) is 3.41. The lowest BCUT2D eigenvalue weighted by Crippen LogP contribution is -2.26. The van der Waals surface area contributed by atoms with Crippen molar-refractivity contribution in [2.75, 3.05) is 5.32 Å². The molecule has 2 aromatic heterocycles. The highest BCUT2D eigenvalue weighted by Gasteiger charge is 2.22. The number of aromatic nitrogens is 2. The summed E-state index contributed by atoms with van der Waals surface area (Å²) in [6.07, 6.45) is 5.38. The maximum atomic E-state index is 13.2. The van der Waals surface area contributed by atoms with E-state index in [1.54, 1.807) is 11.3 Å². The zero-order valence-corrected chi connectivity index (χ0v) is 17.8.